The molecule has 0 aliphatic carbocycles. The number of aliphatic hydroxyl groups is 2. The third-order valence-electron chi connectivity index (χ3n) is 3.71. The normalized spacial score (nSPS) is 14.0. The highest BCUT2D eigenvalue weighted by Gasteiger charge is 2.16. The molecule has 0 aliphatic rings. The smallest absolute Gasteiger partial charge is 0.119 e. The summed E-state index contributed by atoms with van der Waals surface area (Å²) in [6.45, 7) is 4.85. The molecule has 0 saturated heterocycles. The number of ether oxygens (including phenoxy) is 1. The molecule has 0 radical (unpaired) electrons. The van der Waals surface area contributed by atoms with E-state index < -0.39 is 5.60 Å². The maximum Gasteiger partial charge on any atom is 0.119 e. The predicted octanol–water partition coefficient (Wildman–Crippen LogP) is 3.32. The van der Waals surface area contributed by atoms with E-state index in [0.717, 1.165) is 44.3 Å². The SMILES string of the molecule is CCC(C)(O)CCc1ccc(OCCCCCO)cc1. The van der Waals surface area contributed by atoms with E-state index >= 15 is 0 Å². The van der Waals surface area contributed by atoms with Crippen molar-refractivity contribution in [2.45, 2.75) is 58.0 Å². The van der Waals surface area contributed by atoms with Gasteiger partial charge in [0.15, 0.2) is 0 Å². The van der Waals surface area contributed by atoms with Gasteiger partial charge in [-0.1, -0.05) is 19.1 Å². The minimum Gasteiger partial charge on any atom is -0.494 e. The highest BCUT2D eigenvalue weighted by Crippen LogP contribution is 2.19. The zero-order chi connectivity index (χ0) is 14.8. The van der Waals surface area contributed by atoms with Crippen LogP contribution in [0.3, 0.4) is 0 Å². The molecule has 0 amide bonds. The summed E-state index contributed by atoms with van der Waals surface area (Å²) in [4.78, 5) is 0. The van der Waals surface area contributed by atoms with E-state index in [1.807, 2.05) is 26.0 Å². The molecule has 1 atom stereocenters. The van der Waals surface area contributed by atoms with Gasteiger partial charge in [-0.05, 0) is 63.1 Å². The van der Waals surface area contributed by atoms with Crippen molar-refractivity contribution in [1.82, 2.24) is 0 Å². The highest BCUT2D eigenvalue weighted by molar-refractivity contribution is 5.27. The summed E-state index contributed by atoms with van der Waals surface area (Å²) in [7, 11) is 0. The van der Waals surface area contributed by atoms with Crippen LogP contribution in [0, 0.1) is 0 Å². The lowest BCUT2D eigenvalue weighted by molar-refractivity contribution is 0.0473. The molecule has 20 heavy (non-hydrogen) atoms. The first-order valence-electron chi connectivity index (χ1n) is 7.62. The van der Waals surface area contributed by atoms with Gasteiger partial charge in [-0.2, -0.15) is 0 Å². The Labute approximate surface area is 122 Å². The van der Waals surface area contributed by atoms with Crippen molar-refractivity contribution in [1.29, 1.82) is 0 Å². The lowest BCUT2D eigenvalue weighted by atomic mass is 9.94. The Balaban J connectivity index is 2.29. The van der Waals surface area contributed by atoms with Crippen molar-refractivity contribution in [3.05, 3.63) is 29.8 Å². The summed E-state index contributed by atoms with van der Waals surface area (Å²) < 4.78 is 5.64. The van der Waals surface area contributed by atoms with Gasteiger partial charge >= 0.3 is 0 Å². The van der Waals surface area contributed by atoms with Crippen molar-refractivity contribution in [2.24, 2.45) is 0 Å². The van der Waals surface area contributed by atoms with E-state index in [9.17, 15) is 5.11 Å². The Morgan fingerprint density at radius 3 is 2.40 bits per heavy atom. The number of benzene rings is 1. The van der Waals surface area contributed by atoms with E-state index in [1.54, 1.807) is 0 Å². The Morgan fingerprint density at radius 1 is 1.10 bits per heavy atom. The summed E-state index contributed by atoms with van der Waals surface area (Å²) in [5.41, 5.74) is 0.661. The number of unbranched alkanes of at least 4 members (excludes halogenated alkanes) is 2. The average Bonchev–Trinajstić information content (AvgIpc) is 2.46. The van der Waals surface area contributed by atoms with Gasteiger partial charge in [0.25, 0.3) is 0 Å². The molecule has 114 valence electrons. The molecular formula is C17H28O3. The molecule has 1 aromatic carbocycles. The van der Waals surface area contributed by atoms with Crippen LogP contribution in [0.15, 0.2) is 24.3 Å². The number of hydrogen-bond acceptors (Lipinski definition) is 3. The fourth-order valence-corrected chi connectivity index (χ4v) is 1.92. The fourth-order valence-electron chi connectivity index (χ4n) is 1.92. The maximum atomic E-state index is 9.98. The minimum absolute atomic E-state index is 0.260. The van der Waals surface area contributed by atoms with Crippen molar-refractivity contribution in [3.63, 3.8) is 0 Å². The maximum absolute atomic E-state index is 9.98. The summed E-state index contributed by atoms with van der Waals surface area (Å²) >= 11 is 0. The largest absolute Gasteiger partial charge is 0.494 e. The zero-order valence-corrected chi connectivity index (χ0v) is 12.8. The number of aryl methyl sites for hydroxylation is 1. The van der Waals surface area contributed by atoms with Crippen molar-refractivity contribution in [3.8, 4) is 5.75 Å². The Bertz CT molecular complexity index is 357. The number of rotatable bonds is 10. The second-order valence-electron chi connectivity index (χ2n) is 5.63. The van der Waals surface area contributed by atoms with Crippen LogP contribution in [0.5, 0.6) is 5.75 Å². The standard InChI is InChI=1S/C17H28O3/c1-3-17(2,19)12-11-15-7-9-16(10-8-15)20-14-6-4-5-13-18/h7-10,18-19H,3-6,11-14H2,1-2H3. The summed E-state index contributed by atoms with van der Waals surface area (Å²) in [6, 6.07) is 8.10. The Kier molecular flexibility index (Phi) is 7.63. The predicted molar refractivity (Wildman–Crippen MR) is 82.1 cm³/mol. The van der Waals surface area contributed by atoms with Crippen LogP contribution < -0.4 is 4.74 Å². The van der Waals surface area contributed by atoms with E-state index in [0.29, 0.717) is 6.61 Å². The number of aliphatic hydroxyl groups excluding tert-OH is 1. The lowest BCUT2D eigenvalue weighted by Gasteiger charge is -2.20. The zero-order valence-electron chi connectivity index (χ0n) is 12.8. The molecular weight excluding hydrogens is 252 g/mol. The molecule has 0 saturated carbocycles. The quantitative estimate of drug-likeness (QED) is 0.646. The molecule has 1 rings (SSSR count). The highest BCUT2D eigenvalue weighted by atomic mass is 16.5. The Hall–Kier alpha value is -1.06. The van der Waals surface area contributed by atoms with Crippen LogP contribution in [0.2, 0.25) is 0 Å². The molecule has 1 unspecified atom stereocenters. The second-order valence-corrected chi connectivity index (χ2v) is 5.63. The van der Waals surface area contributed by atoms with Gasteiger partial charge in [0.05, 0.1) is 12.2 Å². The third kappa shape index (κ3) is 6.92. The van der Waals surface area contributed by atoms with Crippen LogP contribution in [0.4, 0.5) is 0 Å². The summed E-state index contributed by atoms with van der Waals surface area (Å²) in [5, 5.41) is 18.7. The summed E-state index contributed by atoms with van der Waals surface area (Å²) in [6.07, 6.45) is 5.27. The molecule has 2 N–H and O–H groups in total. The van der Waals surface area contributed by atoms with E-state index in [1.165, 1.54) is 5.56 Å². The first kappa shape index (κ1) is 17.0. The van der Waals surface area contributed by atoms with Crippen LogP contribution in [0.1, 0.15) is 51.5 Å². The van der Waals surface area contributed by atoms with Crippen molar-refractivity contribution >= 4 is 0 Å². The van der Waals surface area contributed by atoms with E-state index in [-0.39, 0.29) is 6.61 Å². The molecule has 0 aliphatic heterocycles. The molecule has 0 aromatic heterocycles. The third-order valence-corrected chi connectivity index (χ3v) is 3.71. The van der Waals surface area contributed by atoms with Crippen LogP contribution in [0.25, 0.3) is 0 Å². The Morgan fingerprint density at radius 2 is 1.80 bits per heavy atom. The summed E-state index contributed by atoms with van der Waals surface area (Å²) in [5.74, 6) is 0.889. The second kappa shape index (κ2) is 8.98. The van der Waals surface area contributed by atoms with E-state index in [2.05, 4.69) is 12.1 Å². The topological polar surface area (TPSA) is 49.7 Å². The van der Waals surface area contributed by atoms with Gasteiger partial charge in [0, 0.05) is 6.61 Å². The van der Waals surface area contributed by atoms with Gasteiger partial charge in [0.2, 0.25) is 0 Å². The monoisotopic (exact) mass is 280 g/mol. The fraction of sp³-hybridized carbons (Fsp3) is 0.647. The van der Waals surface area contributed by atoms with Crippen molar-refractivity contribution < 1.29 is 14.9 Å². The molecule has 0 spiro atoms. The minimum atomic E-state index is -0.568. The average molecular weight is 280 g/mol. The van der Waals surface area contributed by atoms with Gasteiger partial charge in [-0.15, -0.1) is 0 Å². The van der Waals surface area contributed by atoms with Crippen molar-refractivity contribution in [2.75, 3.05) is 13.2 Å². The van der Waals surface area contributed by atoms with Crippen LogP contribution in [-0.4, -0.2) is 29.0 Å². The lowest BCUT2D eigenvalue weighted by Crippen LogP contribution is -2.23. The van der Waals surface area contributed by atoms with Gasteiger partial charge in [0.1, 0.15) is 5.75 Å². The molecule has 3 heteroatoms. The van der Waals surface area contributed by atoms with Crippen LogP contribution in [-0.2, 0) is 6.42 Å². The van der Waals surface area contributed by atoms with Gasteiger partial charge in [-0.25, -0.2) is 0 Å². The van der Waals surface area contributed by atoms with Crippen LogP contribution >= 0.6 is 0 Å². The van der Waals surface area contributed by atoms with E-state index in [4.69, 9.17) is 9.84 Å². The van der Waals surface area contributed by atoms with Gasteiger partial charge in [-0.3, -0.25) is 0 Å². The molecule has 3 nitrogen and oxygen atoms in total. The molecule has 1 aromatic rings. The first-order chi connectivity index (χ1) is 9.57. The molecule has 0 bridgehead atoms. The first-order valence-corrected chi connectivity index (χ1v) is 7.62. The molecule has 0 fully saturated rings. The molecule has 0 heterocycles. The van der Waals surface area contributed by atoms with Gasteiger partial charge < -0.3 is 14.9 Å². The number of hydrogen-bond donors (Lipinski definition) is 2.